The Balaban J connectivity index is 0.00000288. The van der Waals surface area contributed by atoms with Gasteiger partial charge < -0.3 is 0 Å². The molecule has 0 aliphatic carbocycles. The molecule has 1 aromatic rings. The summed E-state index contributed by atoms with van der Waals surface area (Å²) < 4.78 is 64.3. The van der Waals surface area contributed by atoms with E-state index in [4.69, 9.17) is 4.55 Å². The van der Waals surface area contributed by atoms with Gasteiger partial charge in [0.05, 0.1) is 16.1 Å². The molecule has 10 heteroatoms. The molecule has 1 heterocycles. The van der Waals surface area contributed by atoms with Crippen LogP contribution in [0.15, 0.2) is 23.1 Å². The second kappa shape index (κ2) is 7.53. The van der Waals surface area contributed by atoms with E-state index in [1.807, 2.05) is 25.3 Å². The molecule has 0 unspecified atom stereocenters. The van der Waals surface area contributed by atoms with E-state index in [9.17, 15) is 21.4 Å². The topological polar surface area (TPSA) is 112 Å². The molecule has 0 atom stereocenters. The van der Waals surface area contributed by atoms with E-state index in [1.54, 1.807) is 6.07 Å². The van der Waals surface area contributed by atoms with Gasteiger partial charge in [-0.25, -0.2) is 0 Å². The Bertz CT molecular complexity index is 888. The monoisotopic (exact) mass is 402 g/mol. The Morgan fingerprint density at radius 3 is 2.21 bits per heavy atom. The van der Waals surface area contributed by atoms with Crippen LogP contribution in [0.2, 0.25) is 0 Å². The maximum atomic E-state index is 11.3. The predicted octanol–water partition coefficient (Wildman–Crippen LogP) is 0.959. The van der Waals surface area contributed by atoms with Crippen LogP contribution in [0.25, 0.3) is 0 Å². The Morgan fingerprint density at radius 1 is 1.12 bits per heavy atom. The van der Waals surface area contributed by atoms with Crippen LogP contribution in [0.1, 0.15) is 32.8 Å². The predicted molar refractivity (Wildman–Crippen MR) is 92.9 cm³/mol. The summed E-state index contributed by atoms with van der Waals surface area (Å²) in [5.41, 5.74) is 2.01. The molecule has 0 spiro atoms. The molecule has 2 rings (SSSR count). The molecule has 24 heavy (non-hydrogen) atoms. The molecule has 0 saturated heterocycles. The minimum atomic E-state index is -4.29. The van der Waals surface area contributed by atoms with Crippen LogP contribution >= 0.6 is 0 Å². The van der Waals surface area contributed by atoms with Crippen molar-refractivity contribution in [3.05, 3.63) is 23.8 Å². The van der Waals surface area contributed by atoms with E-state index in [-0.39, 0.29) is 68.5 Å². The van der Waals surface area contributed by atoms with Gasteiger partial charge in [-0.2, -0.15) is 21.4 Å². The fourth-order valence-corrected chi connectivity index (χ4v) is 3.82. The zero-order valence-corrected chi connectivity index (χ0v) is 14.8. The van der Waals surface area contributed by atoms with Gasteiger partial charge in [0.2, 0.25) is 5.69 Å². The molecule has 0 aromatic heterocycles. The number of benzene rings is 1. The average molecular weight is 403 g/mol. The summed E-state index contributed by atoms with van der Waals surface area (Å²) in [6.07, 6.45) is 0.242. The van der Waals surface area contributed by atoms with Crippen molar-refractivity contribution in [2.75, 3.05) is 12.3 Å². The Morgan fingerprint density at radius 2 is 1.71 bits per heavy atom. The second-order valence-electron chi connectivity index (χ2n) is 6.16. The van der Waals surface area contributed by atoms with Gasteiger partial charge in [0, 0.05) is 25.0 Å². The van der Waals surface area contributed by atoms with E-state index < -0.39 is 25.7 Å². The summed E-state index contributed by atoms with van der Waals surface area (Å²) in [6.45, 7) is 6.13. The van der Waals surface area contributed by atoms with Crippen molar-refractivity contribution in [1.29, 1.82) is 0 Å². The van der Waals surface area contributed by atoms with Crippen molar-refractivity contribution < 1.29 is 30.5 Å². The normalized spacial score (nSPS) is 16.7. The average Bonchev–Trinajstić information content (AvgIpc) is 2.57. The van der Waals surface area contributed by atoms with E-state index in [0.717, 1.165) is 17.0 Å². The quantitative estimate of drug-likeness (QED) is 0.431. The summed E-state index contributed by atoms with van der Waals surface area (Å²) >= 11 is 0. The van der Waals surface area contributed by atoms with Gasteiger partial charge in [-0.1, -0.05) is 0 Å². The molecule has 130 valence electrons. The first-order chi connectivity index (χ1) is 10.3. The molecule has 2 N–H and O–H groups in total. The zero-order chi connectivity index (χ0) is 17.6. The summed E-state index contributed by atoms with van der Waals surface area (Å²) in [7, 11) is -8.30. The molecule has 1 aliphatic rings. The molecule has 0 saturated carbocycles. The Kier molecular flexibility index (Phi) is 7.02. The zero-order valence-electron chi connectivity index (χ0n) is 13.1. The molecule has 0 amide bonds. The third-order valence-electron chi connectivity index (χ3n) is 4.32. The summed E-state index contributed by atoms with van der Waals surface area (Å²) in [5, 5.41) is 0. The van der Waals surface area contributed by atoms with Crippen molar-refractivity contribution in [1.82, 2.24) is 0 Å². The van der Waals surface area contributed by atoms with Crippen LogP contribution in [0.3, 0.4) is 0 Å². The molecule has 0 fully saturated rings. The minimum absolute atomic E-state index is 0. The van der Waals surface area contributed by atoms with Crippen LogP contribution in [-0.2, 0) is 25.7 Å². The van der Waals surface area contributed by atoms with Crippen LogP contribution in [0.5, 0.6) is 0 Å². The number of nitrogens with zero attached hydrogens (tertiary/aromatic N) is 1. The van der Waals surface area contributed by atoms with Gasteiger partial charge in [0.25, 0.3) is 20.2 Å². The fraction of sp³-hybridized carbons (Fsp3) is 0.500. The number of hydrogen-bond acceptors (Lipinski definition) is 4. The van der Waals surface area contributed by atoms with Crippen LogP contribution < -0.4 is 0 Å². The summed E-state index contributed by atoms with van der Waals surface area (Å²) in [6, 6.07) is 4.36. The molecule has 1 aliphatic heterocycles. The van der Waals surface area contributed by atoms with Crippen molar-refractivity contribution >= 4 is 83.0 Å². The first-order valence-electron chi connectivity index (χ1n) is 7.03. The summed E-state index contributed by atoms with van der Waals surface area (Å²) in [4.78, 5) is -0.170. The second-order valence-corrected chi connectivity index (χ2v) is 9.15. The molecule has 1 aromatic carbocycles. The molecular weight excluding hydrogens is 381 g/mol. The van der Waals surface area contributed by atoms with Crippen molar-refractivity contribution in [3.8, 4) is 0 Å². The third kappa shape index (κ3) is 4.74. The third-order valence-corrected chi connectivity index (χ3v) is 5.98. The maximum absolute atomic E-state index is 11.3. The van der Waals surface area contributed by atoms with Crippen molar-refractivity contribution in [3.63, 3.8) is 0 Å². The molecule has 0 bridgehead atoms. The molecular formula is C14H21KNO6S2+. The van der Waals surface area contributed by atoms with E-state index in [2.05, 4.69) is 0 Å². The molecule has 0 radical (unpaired) electrons. The standard InChI is InChI=1S/C14H19NO6S2.K.H/c1-10-14(2,3)12-9-11(23(19,20)21)5-6-13(12)15(10)7-4-8-22(16,17)18;;/h5-6,9H,4,7-8H2,1-3H3,(H-,16,17,18,19,20,21);;/p+1. The first-order valence-corrected chi connectivity index (χ1v) is 10.1. The summed E-state index contributed by atoms with van der Waals surface area (Å²) in [5.74, 6) is -0.338. The van der Waals surface area contributed by atoms with Crippen molar-refractivity contribution in [2.24, 2.45) is 0 Å². The van der Waals surface area contributed by atoms with E-state index in [1.165, 1.54) is 12.1 Å². The van der Waals surface area contributed by atoms with Crippen LogP contribution in [0.4, 0.5) is 5.69 Å². The van der Waals surface area contributed by atoms with E-state index >= 15 is 0 Å². The van der Waals surface area contributed by atoms with Crippen LogP contribution in [0, 0.1) is 0 Å². The van der Waals surface area contributed by atoms with Gasteiger partial charge in [-0.15, -0.1) is 0 Å². The van der Waals surface area contributed by atoms with Crippen molar-refractivity contribution in [2.45, 2.75) is 37.5 Å². The first kappa shape index (κ1) is 22.4. The van der Waals surface area contributed by atoms with E-state index in [0.29, 0.717) is 6.54 Å². The number of rotatable bonds is 5. The van der Waals surface area contributed by atoms with Gasteiger partial charge in [0.15, 0.2) is 5.71 Å². The molecule has 7 nitrogen and oxygen atoms in total. The number of hydrogen-bond donors (Lipinski definition) is 2. The fourth-order valence-electron chi connectivity index (χ4n) is 2.82. The Hall–Kier alpha value is 0.346. The van der Waals surface area contributed by atoms with Gasteiger partial charge in [-0.3, -0.25) is 9.11 Å². The Labute approximate surface area is 185 Å². The van der Waals surface area contributed by atoms with Gasteiger partial charge in [0.1, 0.15) is 6.54 Å². The van der Waals surface area contributed by atoms with Gasteiger partial charge in [-0.05, 0) is 26.0 Å². The SMILES string of the molecule is CC1=[N+](CCCS(=O)(=O)O)c2ccc(S(=O)(=O)O)cc2C1(C)C.[KH]. The van der Waals surface area contributed by atoms with Crippen LogP contribution in [-0.4, -0.2) is 99.9 Å². The van der Waals surface area contributed by atoms with Gasteiger partial charge >= 0.3 is 51.4 Å². The number of fused-ring (bicyclic) bond motifs is 1.